The molecule has 32 heavy (non-hydrogen) atoms. The van der Waals surface area contributed by atoms with Gasteiger partial charge in [0.05, 0.1) is 30.4 Å². The van der Waals surface area contributed by atoms with E-state index in [-0.39, 0.29) is 12.1 Å². The van der Waals surface area contributed by atoms with Gasteiger partial charge < -0.3 is 15.0 Å². The second-order valence-corrected chi connectivity index (χ2v) is 7.32. The Morgan fingerprint density at radius 2 is 2.03 bits per heavy atom. The molecule has 2 N–H and O–H groups in total. The predicted molar refractivity (Wildman–Crippen MR) is 117 cm³/mol. The number of H-pyrrole nitrogens is 1. The normalized spacial score (nSPS) is 18.7. The van der Waals surface area contributed by atoms with Crippen molar-refractivity contribution in [1.29, 1.82) is 0 Å². The molecule has 1 aromatic carbocycles. The van der Waals surface area contributed by atoms with Crippen LogP contribution in [0.4, 0.5) is 11.6 Å². The van der Waals surface area contributed by atoms with Crippen LogP contribution in [-0.4, -0.2) is 73.5 Å². The standard InChI is InChI=1S/C21H21N9O2/c1-32-19-11-29(20(31)15-3-2-6-22-8-15)10-18(30(19)21-24-12-23-13-25-21)27-16-5-4-14-9-26-28-17(14)7-16/h2-9,12-13,18-19,27H,10-11H2,1H3,(H,26,28). The number of amides is 1. The Morgan fingerprint density at radius 1 is 1.16 bits per heavy atom. The first-order valence-electron chi connectivity index (χ1n) is 10.0. The zero-order valence-electron chi connectivity index (χ0n) is 17.3. The van der Waals surface area contributed by atoms with E-state index in [4.69, 9.17) is 4.74 Å². The SMILES string of the molecule is COC1CN(C(=O)c2cccnc2)CC(Nc2ccc3cn[nH]c3c2)N1c1ncncn1. The minimum atomic E-state index is -0.472. The minimum Gasteiger partial charge on any atom is -0.364 e. The van der Waals surface area contributed by atoms with Gasteiger partial charge in [-0.05, 0) is 30.3 Å². The van der Waals surface area contributed by atoms with Crippen molar-refractivity contribution < 1.29 is 9.53 Å². The number of rotatable bonds is 5. The lowest BCUT2D eigenvalue weighted by Crippen LogP contribution is -2.63. The first-order chi connectivity index (χ1) is 15.7. The summed E-state index contributed by atoms with van der Waals surface area (Å²) in [5.74, 6) is 0.340. The summed E-state index contributed by atoms with van der Waals surface area (Å²) in [5.41, 5.74) is 2.29. The molecule has 2 unspecified atom stereocenters. The number of nitrogens with one attached hydrogen (secondary N) is 2. The van der Waals surface area contributed by atoms with Crippen LogP contribution in [-0.2, 0) is 4.74 Å². The van der Waals surface area contributed by atoms with Gasteiger partial charge in [-0.2, -0.15) is 5.10 Å². The molecule has 5 rings (SSSR count). The number of carbonyl (C=O) groups excluding carboxylic acids is 1. The molecular formula is C21H21N9O2. The fraction of sp³-hybridized carbons (Fsp3) is 0.238. The molecule has 11 heteroatoms. The van der Waals surface area contributed by atoms with E-state index in [9.17, 15) is 4.79 Å². The molecule has 1 aliphatic heterocycles. The molecule has 0 spiro atoms. The van der Waals surface area contributed by atoms with Gasteiger partial charge in [0.1, 0.15) is 18.8 Å². The van der Waals surface area contributed by atoms with E-state index >= 15 is 0 Å². The molecule has 1 aliphatic rings. The van der Waals surface area contributed by atoms with E-state index in [0.29, 0.717) is 24.6 Å². The molecule has 0 aliphatic carbocycles. The van der Waals surface area contributed by atoms with Crippen LogP contribution in [0.25, 0.3) is 10.9 Å². The minimum absolute atomic E-state index is 0.119. The van der Waals surface area contributed by atoms with Crippen molar-refractivity contribution in [3.63, 3.8) is 0 Å². The summed E-state index contributed by atoms with van der Waals surface area (Å²) < 4.78 is 5.76. The van der Waals surface area contributed by atoms with Gasteiger partial charge in [-0.3, -0.25) is 19.8 Å². The molecule has 4 heterocycles. The van der Waals surface area contributed by atoms with Crippen molar-refractivity contribution in [2.24, 2.45) is 0 Å². The molecule has 1 fully saturated rings. The Morgan fingerprint density at radius 3 is 2.81 bits per heavy atom. The number of piperazine rings is 1. The Labute approximate surface area is 183 Å². The zero-order chi connectivity index (χ0) is 21.9. The van der Waals surface area contributed by atoms with E-state index < -0.39 is 6.23 Å². The number of benzene rings is 1. The molecule has 0 bridgehead atoms. The second-order valence-electron chi connectivity index (χ2n) is 7.32. The number of fused-ring (bicyclic) bond motifs is 1. The summed E-state index contributed by atoms with van der Waals surface area (Å²) in [6.07, 6.45) is 7.02. The Hall–Kier alpha value is -4.12. The Balaban J connectivity index is 1.49. The number of carbonyl (C=O) groups is 1. The third-order valence-electron chi connectivity index (χ3n) is 5.37. The fourth-order valence-electron chi connectivity index (χ4n) is 3.84. The molecule has 0 saturated carbocycles. The first kappa shape index (κ1) is 19.8. The van der Waals surface area contributed by atoms with Crippen LogP contribution in [0.1, 0.15) is 10.4 Å². The van der Waals surface area contributed by atoms with Gasteiger partial charge in [0.2, 0.25) is 5.95 Å². The van der Waals surface area contributed by atoms with Crippen LogP contribution >= 0.6 is 0 Å². The Bertz CT molecular complexity index is 1200. The maximum absolute atomic E-state index is 13.2. The predicted octanol–water partition coefficient (Wildman–Crippen LogP) is 1.52. The van der Waals surface area contributed by atoms with Crippen molar-refractivity contribution in [3.05, 3.63) is 67.1 Å². The highest BCUT2D eigenvalue weighted by atomic mass is 16.5. The summed E-state index contributed by atoms with van der Waals surface area (Å²) in [6.45, 7) is 0.716. The molecule has 162 valence electrons. The number of methoxy groups -OCH3 is 1. The third-order valence-corrected chi connectivity index (χ3v) is 5.37. The first-order valence-corrected chi connectivity index (χ1v) is 10.0. The van der Waals surface area contributed by atoms with Crippen LogP contribution in [0, 0.1) is 0 Å². The number of hydrogen-bond donors (Lipinski definition) is 2. The maximum atomic E-state index is 13.2. The lowest BCUT2D eigenvalue weighted by atomic mass is 10.1. The van der Waals surface area contributed by atoms with E-state index in [1.54, 1.807) is 42.7 Å². The van der Waals surface area contributed by atoms with Crippen molar-refractivity contribution in [2.75, 3.05) is 30.4 Å². The molecule has 0 radical (unpaired) electrons. The number of ether oxygens (including phenoxy) is 1. The highest BCUT2D eigenvalue weighted by molar-refractivity contribution is 5.94. The smallest absolute Gasteiger partial charge is 0.255 e. The van der Waals surface area contributed by atoms with Gasteiger partial charge in [-0.1, -0.05) is 0 Å². The van der Waals surface area contributed by atoms with Gasteiger partial charge in [-0.25, -0.2) is 15.0 Å². The number of pyridine rings is 1. The topological polar surface area (TPSA) is 125 Å². The van der Waals surface area contributed by atoms with Crippen LogP contribution in [0.15, 0.2) is 61.6 Å². The lowest BCUT2D eigenvalue weighted by molar-refractivity contribution is 0.0241. The van der Waals surface area contributed by atoms with Gasteiger partial charge in [-0.15, -0.1) is 0 Å². The van der Waals surface area contributed by atoms with E-state index in [1.807, 2.05) is 23.1 Å². The maximum Gasteiger partial charge on any atom is 0.255 e. The molecule has 1 saturated heterocycles. The van der Waals surface area contributed by atoms with Crippen molar-refractivity contribution in [2.45, 2.75) is 12.4 Å². The number of nitrogens with zero attached hydrogens (tertiary/aromatic N) is 7. The summed E-state index contributed by atoms with van der Waals surface area (Å²) >= 11 is 0. The quantitative estimate of drug-likeness (QED) is 0.484. The van der Waals surface area contributed by atoms with E-state index in [2.05, 4.69) is 35.5 Å². The van der Waals surface area contributed by atoms with Crippen LogP contribution in [0.5, 0.6) is 0 Å². The van der Waals surface area contributed by atoms with Gasteiger partial charge >= 0.3 is 0 Å². The van der Waals surface area contributed by atoms with Crippen molar-refractivity contribution in [3.8, 4) is 0 Å². The lowest BCUT2D eigenvalue weighted by Gasteiger charge is -2.46. The number of anilines is 2. The summed E-state index contributed by atoms with van der Waals surface area (Å²) in [6, 6.07) is 9.41. The average Bonchev–Trinajstić information content (AvgIpc) is 3.32. The largest absolute Gasteiger partial charge is 0.364 e. The highest BCUT2D eigenvalue weighted by Crippen LogP contribution is 2.25. The van der Waals surface area contributed by atoms with Crippen molar-refractivity contribution in [1.82, 2.24) is 35.0 Å². The molecule has 4 aromatic rings. The fourth-order valence-corrected chi connectivity index (χ4v) is 3.84. The molecule has 2 atom stereocenters. The van der Waals surface area contributed by atoms with Crippen LogP contribution < -0.4 is 10.2 Å². The summed E-state index contributed by atoms with van der Waals surface area (Å²) in [4.78, 5) is 33.5. The summed E-state index contributed by atoms with van der Waals surface area (Å²) in [7, 11) is 1.60. The average molecular weight is 431 g/mol. The van der Waals surface area contributed by atoms with E-state index in [0.717, 1.165) is 16.6 Å². The van der Waals surface area contributed by atoms with Crippen LogP contribution in [0.2, 0.25) is 0 Å². The van der Waals surface area contributed by atoms with Crippen molar-refractivity contribution >= 4 is 28.4 Å². The van der Waals surface area contributed by atoms with E-state index in [1.165, 1.54) is 12.7 Å². The number of hydrogen-bond acceptors (Lipinski definition) is 9. The summed E-state index contributed by atoms with van der Waals surface area (Å²) in [5, 5.41) is 11.6. The van der Waals surface area contributed by atoms with Gasteiger partial charge in [0.15, 0.2) is 6.23 Å². The van der Waals surface area contributed by atoms with Gasteiger partial charge in [0, 0.05) is 30.6 Å². The molecular weight excluding hydrogens is 410 g/mol. The molecule has 1 amide bonds. The second kappa shape index (κ2) is 8.55. The number of aromatic amines is 1. The van der Waals surface area contributed by atoms with Crippen LogP contribution in [0.3, 0.4) is 0 Å². The zero-order valence-corrected chi connectivity index (χ0v) is 17.3. The Kier molecular flexibility index (Phi) is 5.30. The highest BCUT2D eigenvalue weighted by Gasteiger charge is 2.38. The third kappa shape index (κ3) is 3.81. The monoisotopic (exact) mass is 431 g/mol. The van der Waals surface area contributed by atoms with Gasteiger partial charge in [0.25, 0.3) is 5.91 Å². The molecule has 11 nitrogen and oxygen atoms in total. The molecule has 3 aromatic heterocycles. The number of aromatic nitrogens is 6.